The Morgan fingerprint density at radius 2 is 1.81 bits per heavy atom. The third-order valence-electron chi connectivity index (χ3n) is 3.54. The van der Waals surface area contributed by atoms with E-state index in [1.54, 1.807) is 19.1 Å². The minimum Gasteiger partial charge on any atom is -0.324 e. The molecule has 1 unspecified atom stereocenters. The van der Waals surface area contributed by atoms with Crippen LogP contribution in [-0.2, 0) is 14.8 Å². The number of carbonyl (C=O) groups is 1. The van der Waals surface area contributed by atoms with Gasteiger partial charge < -0.3 is 5.32 Å². The average Bonchev–Trinajstić information content (AvgIpc) is 2.56. The first-order valence-electron chi connectivity index (χ1n) is 7.44. The molecule has 138 valence electrons. The second-order valence-electron chi connectivity index (χ2n) is 5.54. The maximum atomic E-state index is 12.3. The van der Waals surface area contributed by atoms with Gasteiger partial charge in [-0.25, -0.2) is 8.42 Å². The molecule has 0 bridgehead atoms. The van der Waals surface area contributed by atoms with E-state index in [-0.39, 0.29) is 16.3 Å². The van der Waals surface area contributed by atoms with E-state index in [9.17, 15) is 23.3 Å². The molecule has 26 heavy (non-hydrogen) atoms. The molecule has 0 saturated carbocycles. The molecule has 2 rings (SSSR count). The highest BCUT2D eigenvalue weighted by Gasteiger charge is 2.23. The van der Waals surface area contributed by atoms with Gasteiger partial charge in [-0.1, -0.05) is 22.0 Å². The molecule has 2 N–H and O–H groups in total. The number of hydrogen-bond donors (Lipinski definition) is 2. The third kappa shape index (κ3) is 4.87. The maximum Gasteiger partial charge on any atom is 0.271 e. The van der Waals surface area contributed by atoms with E-state index in [0.717, 1.165) is 4.47 Å². The highest BCUT2D eigenvalue weighted by Crippen LogP contribution is 2.22. The summed E-state index contributed by atoms with van der Waals surface area (Å²) in [6, 6.07) is 8.93. The second-order valence-corrected chi connectivity index (χ2v) is 8.17. The number of nitrogens with one attached hydrogen (secondary N) is 2. The van der Waals surface area contributed by atoms with Gasteiger partial charge in [-0.15, -0.1) is 0 Å². The summed E-state index contributed by atoms with van der Waals surface area (Å²) in [5.74, 6) is -0.630. The van der Waals surface area contributed by atoms with Gasteiger partial charge in [0.1, 0.15) is 0 Å². The number of rotatable bonds is 6. The van der Waals surface area contributed by atoms with E-state index in [0.29, 0.717) is 5.56 Å². The number of hydrogen-bond acceptors (Lipinski definition) is 5. The van der Waals surface area contributed by atoms with Crippen molar-refractivity contribution in [3.8, 4) is 0 Å². The van der Waals surface area contributed by atoms with Crippen molar-refractivity contribution in [2.45, 2.75) is 24.8 Å². The van der Waals surface area contributed by atoms with Crippen LogP contribution in [0.3, 0.4) is 0 Å². The van der Waals surface area contributed by atoms with E-state index in [1.165, 1.54) is 37.3 Å². The molecule has 0 aliphatic heterocycles. The van der Waals surface area contributed by atoms with Gasteiger partial charge in [0, 0.05) is 16.6 Å². The first-order chi connectivity index (χ1) is 12.1. The molecule has 0 heterocycles. The van der Waals surface area contributed by atoms with Crippen molar-refractivity contribution in [3.63, 3.8) is 0 Å². The van der Waals surface area contributed by atoms with E-state index in [4.69, 9.17) is 0 Å². The minimum absolute atomic E-state index is 0.0203. The molecule has 0 aliphatic rings. The SMILES string of the molecule is Cc1ccc([N+](=O)[O-])cc1NC(=O)C(C)NS(=O)(=O)c1ccc(Br)cc1. The fraction of sp³-hybridized carbons (Fsp3) is 0.188. The summed E-state index contributed by atoms with van der Waals surface area (Å²) in [4.78, 5) is 22.6. The van der Waals surface area contributed by atoms with Crippen LogP contribution in [0.1, 0.15) is 12.5 Å². The lowest BCUT2D eigenvalue weighted by Gasteiger charge is -2.15. The Labute approximate surface area is 158 Å². The summed E-state index contributed by atoms with van der Waals surface area (Å²) in [6.07, 6.45) is 0. The molecule has 0 radical (unpaired) electrons. The summed E-state index contributed by atoms with van der Waals surface area (Å²) in [6.45, 7) is 3.06. The van der Waals surface area contributed by atoms with Crippen LogP contribution in [0.2, 0.25) is 0 Å². The molecule has 2 aromatic carbocycles. The van der Waals surface area contributed by atoms with Crippen molar-refractivity contribution in [3.05, 3.63) is 62.6 Å². The summed E-state index contributed by atoms with van der Waals surface area (Å²) < 4.78 is 27.7. The number of amides is 1. The summed E-state index contributed by atoms with van der Waals surface area (Å²) in [7, 11) is -3.89. The van der Waals surface area contributed by atoms with Crippen LogP contribution in [0.15, 0.2) is 51.8 Å². The number of benzene rings is 2. The van der Waals surface area contributed by atoms with E-state index < -0.39 is 26.9 Å². The Morgan fingerprint density at radius 1 is 1.19 bits per heavy atom. The molecule has 8 nitrogen and oxygen atoms in total. The van der Waals surface area contributed by atoms with Gasteiger partial charge in [0.2, 0.25) is 15.9 Å². The Kier molecular flexibility index (Phi) is 6.11. The molecule has 0 saturated heterocycles. The van der Waals surface area contributed by atoms with Gasteiger partial charge in [-0.3, -0.25) is 14.9 Å². The van der Waals surface area contributed by atoms with Crippen LogP contribution < -0.4 is 10.0 Å². The molecular formula is C16H16BrN3O5S. The van der Waals surface area contributed by atoms with Crippen LogP contribution in [-0.4, -0.2) is 25.3 Å². The Morgan fingerprint density at radius 3 is 2.38 bits per heavy atom. The van der Waals surface area contributed by atoms with Crippen molar-refractivity contribution in [2.75, 3.05) is 5.32 Å². The van der Waals surface area contributed by atoms with Gasteiger partial charge in [0.25, 0.3) is 5.69 Å². The summed E-state index contributed by atoms with van der Waals surface area (Å²) in [5.41, 5.74) is 0.694. The zero-order valence-electron chi connectivity index (χ0n) is 13.9. The molecular weight excluding hydrogens is 426 g/mol. The van der Waals surface area contributed by atoms with Gasteiger partial charge in [0.15, 0.2) is 0 Å². The van der Waals surface area contributed by atoms with Gasteiger partial charge in [-0.2, -0.15) is 4.72 Å². The maximum absolute atomic E-state index is 12.3. The number of aryl methyl sites for hydroxylation is 1. The number of nitrogens with zero attached hydrogens (tertiary/aromatic N) is 1. The molecule has 0 fully saturated rings. The topological polar surface area (TPSA) is 118 Å². The standard InChI is InChI=1S/C16H16BrN3O5S/c1-10-3-6-13(20(22)23)9-15(10)18-16(21)11(2)19-26(24,25)14-7-4-12(17)5-8-14/h3-9,11,19H,1-2H3,(H,18,21). The van der Waals surface area contributed by atoms with Crippen LogP contribution in [0, 0.1) is 17.0 Å². The predicted molar refractivity (Wildman–Crippen MR) is 100 cm³/mol. The van der Waals surface area contributed by atoms with E-state index >= 15 is 0 Å². The fourth-order valence-electron chi connectivity index (χ4n) is 2.07. The zero-order valence-corrected chi connectivity index (χ0v) is 16.3. The predicted octanol–water partition coefficient (Wildman–Crippen LogP) is 2.97. The lowest BCUT2D eigenvalue weighted by molar-refractivity contribution is -0.384. The van der Waals surface area contributed by atoms with Crippen molar-refractivity contribution >= 4 is 43.2 Å². The summed E-state index contributed by atoms with van der Waals surface area (Å²) >= 11 is 3.22. The highest BCUT2D eigenvalue weighted by molar-refractivity contribution is 9.10. The smallest absolute Gasteiger partial charge is 0.271 e. The van der Waals surface area contributed by atoms with Crippen LogP contribution >= 0.6 is 15.9 Å². The third-order valence-corrected chi connectivity index (χ3v) is 5.62. The number of carbonyl (C=O) groups excluding carboxylic acids is 1. The number of sulfonamides is 1. The highest BCUT2D eigenvalue weighted by atomic mass is 79.9. The molecule has 0 aromatic heterocycles. The van der Waals surface area contributed by atoms with Gasteiger partial charge in [-0.05, 0) is 43.7 Å². The average molecular weight is 442 g/mol. The first kappa shape index (κ1) is 20.0. The Bertz CT molecular complexity index is 945. The van der Waals surface area contributed by atoms with Crippen molar-refractivity contribution in [1.82, 2.24) is 4.72 Å². The molecule has 10 heteroatoms. The zero-order chi connectivity index (χ0) is 19.5. The minimum atomic E-state index is -3.89. The molecule has 1 atom stereocenters. The summed E-state index contributed by atoms with van der Waals surface area (Å²) in [5, 5.41) is 13.4. The Balaban J connectivity index is 2.14. The van der Waals surface area contributed by atoms with Gasteiger partial charge >= 0.3 is 0 Å². The van der Waals surface area contributed by atoms with E-state index in [1.807, 2.05) is 0 Å². The Hall–Kier alpha value is -2.30. The second kappa shape index (κ2) is 7.94. The number of anilines is 1. The fourth-order valence-corrected chi connectivity index (χ4v) is 3.53. The number of non-ortho nitro benzene ring substituents is 1. The van der Waals surface area contributed by atoms with Crippen molar-refractivity contribution < 1.29 is 18.1 Å². The van der Waals surface area contributed by atoms with Gasteiger partial charge in [0.05, 0.1) is 21.5 Å². The van der Waals surface area contributed by atoms with Crippen LogP contribution in [0.4, 0.5) is 11.4 Å². The monoisotopic (exact) mass is 441 g/mol. The van der Waals surface area contributed by atoms with Crippen molar-refractivity contribution in [2.24, 2.45) is 0 Å². The molecule has 1 amide bonds. The number of nitro benzene ring substituents is 1. The van der Waals surface area contributed by atoms with Crippen molar-refractivity contribution in [1.29, 1.82) is 0 Å². The molecule has 2 aromatic rings. The lowest BCUT2D eigenvalue weighted by atomic mass is 10.1. The van der Waals surface area contributed by atoms with E-state index in [2.05, 4.69) is 26.0 Å². The quantitative estimate of drug-likeness (QED) is 0.527. The van der Waals surface area contributed by atoms with Crippen LogP contribution in [0.5, 0.6) is 0 Å². The normalized spacial score (nSPS) is 12.4. The molecule has 0 aliphatic carbocycles. The van der Waals surface area contributed by atoms with Crippen LogP contribution in [0.25, 0.3) is 0 Å². The number of halogens is 1. The first-order valence-corrected chi connectivity index (χ1v) is 9.71. The number of nitro groups is 1. The lowest BCUT2D eigenvalue weighted by Crippen LogP contribution is -2.41. The molecule has 0 spiro atoms. The largest absolute Gasteiger partial charge is 0.324 e.